The Balaban J connectivity index is 0.000000718. The highest BCUT2D eigenvalue weighted by atomic mass is 32.2. The first kappa shape index (κ1) is 30.1. The zero-order valence-electron chi connectivity index (χ0n) is 17.8. The van der Waals surface area contributed by atoms with E-state index in [1.807, 2.05) is 6.92 Å². The first-order chi connectivity index (χ1) is 15.8. The van der Waals surface area contributed by atoms with Crippen LogP contribution in [0.25, 0.3) is 10.1 Å². The smallest absolute Gasteiger partial charge is 0.488 e. The molecule has 1 unspecified atom stereocenters. The average molecular weight is 552 g/mol. The van der Waals surface area contributed by atoms with E-state index in [9.17, 15) is 26.2 Å². The molecular formula is C17H25F3N3O8PS2. The summed E-state index contributed by atoms with van der Waals surface area (Å²) in [6, 6.07) is 3.45. The highest BCUT2D eigenvalue weighted by molar-refractivity contribution is 7.92. The molecule has 7 N–H and O–H groups in total. The third-order valence-electron chi connectivity index (χ3n) is 3.82. The van der Waals surface area contributed by atoms with Crippen LogP contribution in [-0.2, 0) is 25.8 Å². The van der Waals surface area contributed by atoms with Gasteiger partial charge in [0.25, 0.3) is 10.0 Å². The summed E-state index contributed by atoms with van der Waals surface area (Å²) in [5, 5.41) is 7.85. The summed E-state index contributed by atoms with van der Waals surface area (Å²) in [6.45, 7) is 3.06. The summed E-state index contributed by atoms with van der Waals surface area (Å²) in [5.41, 5.74) is 11.6. The maximum Gasteiger partial charge on any atom is 0.490 e. The fourth-order valence-corrected chi connectivity index (χ4v) is 6.35. The average Bonchev–Trinajstić information content (AvgIpc) is 3.12. The Hall–Kier alpha value is -1.94. The first-order valence-corrected chi connectivity index (χ1v) is 13.4. The van der Waals surface area contributed by atoms with Crippen LogP contribution in [0.1, 0.15) is 12.5 Å². The monoisotopic (exact) mass is 551 g/mol. The molecule has 0 aliphatic carbocycles. The number of thiophene rings is 1. The first-order valence-electron chi connectivity index (χ1n) is 9.55. The van der Waals surface area contributed by atoms with Crippen LogP contribution >= 0.6 is 19.4 Å². The zero-order chi connectivity index (χ0) is 26.1. The Morgan fingerprint density at radius 3 is 2.09 bits per heavy atom. The van der Waals surface area contributed by atoms with E-state index in [0.717, 1.165) is 16.7 Å². The van der Waals surface area contributed by atoms with Crippen LogP contribution < -0.4 is 25.7 Å². The minimum atomic E-state index is -5.08. The molecule has 0 saturated heterocycles. The zero-order valence-corrected chi connectivity index (χ0v) is 20.5. The molecule has 1 atom stereocenters. The van der Waals surface area contributed by atoms with Crippen molar-refractivity contribution in [2.45, 2.75) is 23.7 Å². The number of hydrogen-bond donors (Lipinski definition) is 5. The minimum Gasteiger partial charge on any atom is -0.488 e. The Morgan fingerprint density at radius 1 is 1.18 bits per heavy atom. The third kappa shape index (κ3) is 8.69. The van der Waals surface area contributed by atoms with Gasteiger partial charge in [-0.25, -0.2) is 17.9 Å². The van der Waals surface area contributed by atoms with Crippen molar-refractivity contribution < 1.29 is 50.4 Å². The lowest BCUT2D eigenvalue weighted by Gasteiger charge is -2.12. The maximum atomic E-state index is 12.6. The Bertz CT molecular complexity index is 1110. The van der Waals surface area contributed by atoms with Gasteiger partial charge >= 0.3 is 12.1 Å². The molecule has 194 valence electrons. The summed E-state index contributed by atoms with van der Waals surface area (Å²) >= 11 is 1.07. The molecule has 0 fully saturated rings. The molecule has 34 heavy (non-hydrogen) atoms. The number of halogens is 3. The number of aryl methyl sites for hydroxylation is 1. The van der Waals surface area contributed by atoms with Gasteiger partial charge in [0.1, 0.15) is 17.4 Å². The second kappa shape index (κ2) is 13.2. The van der Waals surface area contributed by atoms with Crippen LogP contribution in [0.4, 0.5) is 13.2 Å². The predicted octanol–water partition coefficient (Wildman–Crippen LogP) is 1.47. The van der Waals surface area contributed by atoms with Crippen LogP contribution in [0.15, 0.2) is 16.3 Å². The van der Waals surface area contributed by atoms with Gasteiger partial charge in [0.15, 0.2) is 11.5 Å². The molecule has 17 heteroatoms. The molecule has 0 aliphatic heterocycles. The summed E-state index contributed by atoms with van der Waals surface area (Å²) in [4.78, 5) is 17.8. The van der Waals surface area contributed by atoms with E-state index >= 15 is 0 Å². The van der Waals surface area contributed by atoms with Gasteiger partial charge < -0.3 is 30.9 Å². The van der Waals surface area contributed by atoms with E-state index in [1.165, 1.54) is 0 Å². The standard InChI is InChI=1S/C15H24N3O6PS2.C2HF3O2/c1-2-10-11-7-12(23-5-3-16)13(24-6-4-17)8-14(11)26-15(10)27(21,22)18-9-25(19)20;3-2(4,5)1(6)7/h7-8,18,25H,2-6,9,16-17H2,1H3,(H,19,20);(H,6,7). The molecule has 0 amide bonds. The summed E-state index contributed by atoms with van der Waals surface area (Å²) in [7, 11) is -6.86. The van der Waals surface area contributed by atoms with E-state index in [0.29, 0.717) is 41.3 Å². The van der Waals surface area contributed by atoms with Gasteiger partial charge in [0, 0.05) is 29.2 Å². The highest BCUT2D eigenvalue weighted by Crippen LogP contribution is 2.41. The number of sulfonamides is 1. The number of carboxylic acids is 1. The molecule has 1 aromatic heterocycles. The van der Waals surface area contributed by atoms with Crippen molar-refractivity contribution in [1.29, 1.82) is 0 Å². The third-order valence-corrected chi connectivity index (χ3v) is 7.72. The SMILES string of the molecule is CCc1c(S(=O)(=O)NC[PH](=O)O)sc2cc(OCCN)c(OCCN)cc12.O=C(O)C(F)(F)F. The van der Waals surface area contributed by atoms with E-state index in [-0.39, 0.29) is 17.4 Å². The van der Waals surface area contributed by atoms with E-state index in [4.69, 9.17) is 35.7 Å². The molecule has 0 saturated carbocycles. The molecule has 0 bridgehead atoms. The number of carboxylic acid groups (broad SMARTS) is 1. The number of hydrogen-bond acceptors (Lipinski definition) is 9. The van der Waals surface area contributed by atoms with Crippen molar-refractivity contribution in [3.8, 4) is 11.5 Å². The number of alkyl halides is 3. The number of rotatable bonds is 11. The highest BCUT2D eigenvalue weighted by Gasteiger charge is 2.38. The van der Waals surface area contributed by atoms with E-state index in [2.05, 4.69) is 4.72 Å². The fourth-order valence-electron chi connectivity index (χ4n) is 2.47. The van der Waals surface area contributed by atoms with Crippen molar-refractivity contribution >= 4 is 45.4 Å². The van der Waals surface area contributed by atoms with Crippen molar-refractivity contribution in [1.82, 2.24) is 4.72 Å². The topological polar surface area (TPSA) is 191 Å². The number of ether oxygens (including phenoxy) is 2. The second-order valence-electron chi connectivity index (χ2n) is 6.31. The lowest BCUT2D eigenvalue weighted by atomic mass is 10.1. The molecular weight excluding hydrogens is 526 g/mol. The van der Waals surface area contributed by atoms with Crippen LogP contribution in [0.2, 0.25) is 0 Å². The van der Waals surface area contributed by atoms with Gasteiger partial charge in [0.05, 0.1) is 6.29 Å². The van der Waals surface area contributed by atoms with Gasteiger partial charge in [-0.1, -0.05) is 6.92 Å². The van der Waals surface area contributed by atoms with Gasteiger partial charge in [-0.15, -0.1) is 11.3 Å². The molecule has 2 aromatic rings. The second-order valence-corrected chi connectivity index (χ2v) is 10.5. The number of carbonyl (C=O) groups is 1. The largest absolute Gasteiger partial charge is 0.490 e. The minimum absolute atomic E-state index is 0.115. The van der Waals surface area contributed by atoms with Crippen molar-refractivity contribution in [2.75, 3.05) is 32.6 Å². The number of aliphatic carboxylic acids is 1. The molecule has 1 aromatic carbocycles. The van der Waals surface area contributed by atoms with E-state index < -0.39 is 36.5 Å². The van der Waals surface area contributed by atoms with Crippen molar-refractivity contribution in [3.05, 3.63) is 17.7 Å². The molecule has 0 radical (unpaired) electrons. The summed E-state index contributed by atoms with van der Waals surface area (Å²) in [6.07, 6.45) is -5.12. The summed E-state index contributed by atoms with van der Waals surface area (Å²) < 4.78 is 82.0. The fraction of sp³-hybridized carbons (Fsp3) is 0.471. The maximum absolute atomic E-state index is 12.6. The van der Waals surface area contributed by atoms with Crippen molar-refractivity contribution in [2.24, 2.45) is 11.5 Å². The number of nitrogens with one attached hydrogen (secondary N) is 1. The Labute approximate surface area is 197 Å². The van der Waals surface area contributed by atoms with Crippen molar-refractivity contribution in [3.63, 3.8) is 0 Å². The van der Waals surface area contributed by atoms with Gasteiger partial charge in [-0.3, -0.25) is 4.57 Å². The molecule has 2 rings (SSSR count). The lowest BCUT2D eigenvalue weighted by molar-refractivity contribution is -0.192. The summed E-state index contributed by atoms with van der Waals surface area (Å²) in [5.74, 6) is -1.83. The Morgan fingerprint density at radius 2 is 1.68 bits per heavy atom. The molecule has 1 heterocycles. The van der Waals surface area contributed by atoms with E-state index in [1.54, 1.807) is 12.1 Å². The van der Waals surface area contributed by atoms with Crippen LogP contribution in [0.5, 0.6) is 11.5 Å². The molecule has 0 aliphatic rings. The quantitative estimate of drug-likeness (QED) is 0.256. The van der Waals surface area contributed by atoms with Crippen LogP contribution in [0.3, 0.4) is 0 Å². The molecule has 11 nitrogen and oxygen atoms in total. The Kier molecular flexibility index (Phi) is 11.7. The van der Waals surface area contributed by atoms with Crippen LogP contribution in [0, 0.1) is 0 Å². The molecule has 0 spiro atoms. The van der Waals surface area contributed by atoms with Gasteiger partial charge in [-0.2, -0.15) is 13.2 Å². The predicted molar refractivity (Wildman–Crippen MR) is 120 cm³/mol. The lowest BCUT2D eigenvalue weighted by Crippen LogP contribution is -2.23. The van der Waals surface area contributed by atoms with Gasteiger partial charge in [0.2, 0.25) is 8.03 Å². The normalized spacial score (nSPS) is 12.7. The number of benzene rings is 1. The number of fused-ring (bicyclic) bond motifs is 1. The number of nitrogens with two attached hydrogens (primary N) is 2. The van der Waals surface area contributed by atoms with Crippen LogP contribution in [-0.4, -0.2) is 63.2 Å². The van der Waals surface area contributed by atoms with Gasteiger partial charge in [-0.05, 0) is 18.1 Å².